The highest BCUT2D eigenvalue weighted by atomic mass is 35.5. The maximum Gasteiger partial charge on any atom is 0.275 e. The van der Waals surface area contributed by atoms with Crippen molar-refractivity contribution < 1.29 is 28.3 Å². The second-order valence-electron chi connectivity index (χ2n) is 6.42. The zero-order valence-corrected chi connectivity index (χ0v) is 18.8. The molecule has 0 bridgehead atoms. The Morgan fingerprint density at radius 1 is 1.24 bits per heavy atom. The topological polar surface area (TPSA) is 212 Å². The summed E-state index contributed by atoms with van der Waals surface area (Å²) in [5, 5.41) is 14.4. The predicted octanol–water partition coefficient (Wildman–Crippen LogP) is -0.251. The van der Waals surface area contributed by atoms with E-state index in [1.54, 1.807) is 6.92 Å². The zero-order valence-electron chi connectivity index (χ0n) is 17.2. The Balaban J connectivity index is 2.17. The van der Waals surface area contributed by atoms with Gasteiger partial charge in [0.1, 0.15) is 18.8 Å². The molecule has 14 nitrogen and oxygen atoms in total. The van der Waals surface area contributed by atoms with Gasteiger partial charge in [-0.05, 0) is 42.4 Å². The number of benzene rings is 1. The van der Waals surface area contributed by atoms with Crippen LogP contribution < -0.4 is 32.5 Å². The Morgan fingerprint density at radius 3 is 2.64 bits per heavy atom. The second kappa shape index (κ2) is 11.4. The molecule has 180 valence electrons. The molecule has 16 heteroatoms. The highest BCUT2D eigenvalue weighted by Crippen LogP contribution is 2.26. The molecule has 1 amide bonds. The van der Waals surface area contributed by atoms with E-state index in [0.29, 0.717) is 5.69 Å². The van der Waals surface area contributed by atoms with Crippen LogP contribution in [-0.2, 0) is 31.2 Å². The lowest BCUT2D eigenvalue weighted by Crippen LogP contribution is -2.36. The number of aromatic nitrogens is 1. The summed E-state index contributed by atoms with van der Waals surface area (Å²) in [6.07, 6.45) is 0. The van der Waals surface area contributed by atoms with Crippen molar-refractivity contribution in [3.8, 4) is 0 Å². The van der Waals surface area contributed by atoms with Gasteiger partial charge in [-0.25, -0.2) is 19.2 Å². The maximum absolute atomic E-state index is 12.8. The zero-order chi connectivity index (χ0) is 24.6. The number of oxime groups is 1. The average molecular weight is 504 g/mol. The van der Waals surface area contributed by atoms with Crippen molar-refractivity contribution in [3.63, 3.8) is 0 Å². The lowest BCUT2D eigenvalue weighted by atomic mass is 10.3. The van der Waals surface area contributed by atoms with Crippen molar-refractivity contribution in [1.82, 2.24) is 9.88 Å². The van der Waals surface area contributed by atoms with E-state index < -0.39 is 21.5 Å². The average Bonchev–Trinajstić information content (AvgIpc) is 2.74. The molecule has 0 spiro atoms. The van der Waals surface area contributed by atoms with Gasteiger partial charge >= 0.3 is 0 Å². The first-order valence-electron chi connectivity index (χ1n) is 9.12. The van der Waals surface area contributed by atoms with Gasteiger partial charge in [-0.3, -0.25) is 14.3 Å². The highest BCUT2D eigenvalue weighted by Gasteiger charge is 2.19. The van der Waals surface area contributed by atoms with Gasteiger partial charge in [0.25, 0.3) is 15.6 Å². The minimum atomic E-state index is -4.23. The summed E-state index contributed by atoms with van der Waals surface area (Å²) in [6.45, 7) is 1.28. The number of halogens is 1. The van der Waals surface area contributed by atoms with Crippen LogP contribution in [0.25, 0.3) is 0 Å². The van der Waals surface area contributed by atoms with Crippen molar-refractivity contribution in [2.75, 3.05) is 23.4 Å². The minimum absolute atomic E-state index is 0.00335. The van der Waals surface area contributed by atoms with Gasteiger partial charge < -0.3 is 26.2 Å². The molecule has 0 aliphatic rings. The molecular formula is C17H22ClN7O7S. The number of carbonyl (C=O) groups excluding carboxylic acids is 1. The van der Waals surface area contributed by atoms with Gasteiger partial charge in [0, 0.05) is 5.69 Å². The van der Waals surface area contributed by atoms with Crippen molar-refractivity contribution in [2.45, 2.75) is 18.4 Å². The number of hydrogen-bond donors (Lipinski definition) is 6. The van der Waals surface area contributed by atoms with E-state index >= 15 is 0 Å². The molecule has 0 atom stereocenters. The van der Waals surface area contributed by atoms with Crippen LogP contribution in [-0.4, -0.2) is 43.3 Å². The van der Waals surface area contributed by atoms with Crippen LogP contribution in [0.3, 0.4) is 0 Å². The maximum atomic E-state index is 12.8. The van der Waals surface area contributed by atoms with Crippen LogP contribution in [0.15, 0.2) is 45.2 Å². The number of nitrogens with zero attached hydrogens (tertiary/aromatic N) is 2. The smallest absolute Gasteiger partial charge is 0.275 e. The van der Waals surface area contributed by atoms with Crippen LogP contribution in [0.4, 0.5) is 11.4 Å². The van der Waals surface area contributed by atoms with E-state index in [2.05, 4.69) is 20.2 Å². The third kappa shape index (κ3) is 7.25. The molecule has 0 unspecified atom stereocenters. The Labute approximate surface area is 193 Å². The number of carbonyl (C=O) groups is 1. The molecule has 2 aromatic rings. The van der Waals surface area contributed by atoms with Crippen LogP contribution in [0.2, 0.25) is 5.02 Å². The number of guanidine groups is 1. The Hall–Kier alpha value is -3.53. The van der Waals surface area contributed by atoms with Crippen LogP contribution in [0, 0.1) is 6.92 Å². The Bertz CT molecular complexity index is 1200. The van der Waals surface area contributed by atoms with E-state index in [9.17, 15) is 18.0 Å². The molecule has 0 aliphatic heterocycles. The summed E-state index contributed by atoms with van der Waals surface area (Å²) in [7, 11) is -4.23. The second-order valence-corrected chi connectivity index (χ2v) is 8.51. The molecule has 0 saturated heterocycles. The summed E-state index contributed by atoms with van der Waals surface area (Å²) in [6, 6.07) is 6.29. The monoisotopic (exact) mass is 503 g/mol. The number of sulfonamides is 1. The number of amides is 1. The fraction of sp³-hybridized carbons (Fsp3) is 0.235. The molecule has 33 heavy (non-hydrogen) atoms. The summed E-state index contributed by atoms with van der Waals surface area (Å²) in [5.74, 6) is -0.790. The fourth-order valence-electron chi connectivity index (χ4n) is 2.50. The first kappa shape index (κ1) is 25.7. The number of aryl methyl sites for hydroxylation is 1. The van der Waals surface area contributed by atoms with E-state index in [-0.39, 0.29) is 46.9 Å². The van der Waals surface area contributed by atoms with Gasteiger partial charge in [0.2, 0.25) is 11.9 Å². The molecule has 8 N–H and O–H groups in total. The van der Waals surface area contributed by atoms with Crippen LogP contribution >= 0.6 is 11.6 Å². The van der Waals surface area contributed by atoms with E-state index in [1.807, 2.05) is 5.48 Å². The largest absolute Gasteiger partial charge is 0.391 e. The summed E-state index contributed by atoms with van der Waals surface area (Å²) in [5.41, 5.74) is 11.6. The van der Waals surface area contributed by atoms with Gasteiger partial charge in [0.15, 0.2) is 0 Å². The van der Waals surface area contributed by atoms with E-state index in [4.69, 9.17) is 33.2 Å². The third-order valence-corrected chi connectivity index (χ3v) is 5.72. The number of hydrogen-bond acceptors (Lipinski definition) is 9. The quantitative estimate of drug-likeness (QED) is 0.0777. The molecule has 0 aliphatic carbocycles. The lowest BCUT2D eigenvalue weighted by molar-refractivity contribution is -0.215. The van der Waals surface area contributed by atoms with Gasteiger partial charge in [-0.1, -0.05) is 11.6 Å². The SMILES string of the molecule is Cc1ccc(NS(=O)(=O)c2ccc(Cl)c(NOO)c2)c(=O)n1CC(=O)NCCON=C(N)N. The number of pyridine rings is 1. The standard InChI is InChI=1S/C17H22ClN7O7S/c1-10-2-5-13(16(27)25(10)9-15(26)21-6-7-31-23-17(19)20)24-33(29,30)11-3-4-12(18)14(8-11)22-32-28/h2-5,8,22,24,28H,6-7,9H2,1H3,(H,21,26)(H4,19,20,23). The molecule has 1 aromatic heterocycles. The molecule has 0 radical (unpaired) electrons. The highest BCUT2D eigenvalue weighted by molar-refractivity contribution is 7.92. The fourth-order valence-corrected chi connectivity index (χ4v) is 3.74. The number of nitrogens with two attached hydrogens (primary N) is 2. The van der Waals surface area contributed by atoms with E-state index in [1.165, 1.54) is 24.3 Å². The molecule has 0 fully saturated rings. The molecule has 2 rings (SSSR count). The molecular weight excluding hydrogens is 482 g/mol. The lowest BCUT2D eigenvalue weighted by Gasteiger charge is -2.14. The predicted molar refractivity (Wildman–Crippen MR) is 120 cm³/mol. The van der Waals surface area contributed by atoms with Gasteiger partial charge in [-0.15, -0.1) is 4.99 Å². The van der Waals surface area contributed by atoms with Crippen LogP contribution in [0.1, 0.15) is 5.69 Å². The first-order chi connectivity index (χ1) is 15.5. The number of nitrogens with one attached hydrogen (secondary N) is 3. The van der Waals surface area contributed by atoms with Crippen molar-refractivity contribution in [1.29, 1.82) is 0 Å². The summed E-state index contributed by atoms with van der Waals surface area (Å²) >= 11 is 5.88. The van der Waals surface area contributed by atoms with E-state index in [0.717, 1.165) is 10.6 Å². The minimum Gasteiger partial charge on any atom is -0.391 e. The summed E-state index contributed by atoms with van der Waals surface area (Å²) in [4.78, 5) is 33.2. The van der Waals surface area contributed by atoms with Crippen molar-refractivity contribution >= 4 is 44.9 Å². The molecule has 1 aromatic carbocycles. The molecule has 0 saturated carbocycles. The normalized spacial score (nSPS) is 10.9. The number of anilines is 2. The van der Waals surface area contributed by atoms with Gasteiger partial charge in [-0.2, -0.15) is 0 Å². The van der Waals surface area contributed by atoms with Crippen molar-refractivity contribution in [2.24, 2.45) is 16.6 Å². The number of rotatable bonds is 11. The Morgan fingerprint density at radius 2 is 1.97 bits per heavy atom. The Kier molecular flexibility index (Phi) is 8.86. The third-order valence-electron chi connectivity index (χ3n) is 4.03. The summed E-state index contributed by atoms with van der Waals surface area (Å²) < 4.78 is 28.7. The molecule has 1 heterocycles. The van der Waals surface area contributed by atoms with Gasteiger partial charge in [0.05, 0.1) is 22.2 Å². The first-order valence-corrected chi connectivity index (χ1v) is 11.0. The van der Waals surface area contributed by atoms with Crippen molar-refractivity contribution in [3.05, 3.63) is 51.4 Å². The van der Waals surface area contributed by atoms with Crippen LogP contribution in [0.5, 0.6) is 0 Å².